The number of amides is 2. The first kappa shape index (κ1) is 28.8. The van der Waals surface area contributed by atoms with Crippen LogP contribution in [0, 0.1) is 11.3 Å². The SMILES string of the molecule is CC(C)(C)OC(=O)NCC1(C)CN(C(=O)OC(C)(C)C)c2c(C#N)cc(B3OC(C)(C)C(C)(C)O3)cc21. The van der Waals surface area contributed by atoms with E-state index in [2.05, 4.69) is 11.4 Å². The van der Waals surface area contributed by atoms with Crippen LogP contribution in [0.4, 0.5) is 15.3 Å². The summed E-state index contributed by atoms with van der Waals surface area (Å²) < 4.78 is 23.6. The zero-order valence-electron chi connectivity index (χ0n) is 24.0. The van der Waals surface area contributed by atoms with E-state index in [1.165, 1.54) is 4.90 Å². The monoisotopic (exact) mass is 513 g/mol. The van der Waals surface area contributed by atoms with Crippen LogP contribution < -0.4 is 15.7 Å². The molecule has 1 aromatic carbocycles. The van der Waals surface area contributed by atoms with E-state index in [9.17, 15) is 14.9 Å². The maximum atomic E-state index is 13.2. The van der Waals surface area contributed by atoms with Gasteiger partial charge in [-0.1, -0.05) is 13.0 Å². The highest BCUT2D eigenvalue weighted by Gasteiger charge is 2.53. The molecule has 1 unspecified atom stereocenters. The standard InChI is InChI=1S/C27H40BN3O6/c1-23(2,3)34-21(32)30-15-27(11)16-31(22(33)35-24(4,5)6)20-17(14-29)12-18(13-19(20)27)28-36-25(7,8)26(9,10)37-28/h12-13H,15-16H2,1-11H3,(H,30,32). The van der Waals surface area contributed by atoms with Crippen molar-refractivity contribution in [3.05, 3.63) is 23.3 Å². The van der Waals surface area contributed by atoms with Gasteiger partial charge in [0, 0.05) is 18.5 Å². The highest BCUT2D eigenvalue weighted by molar-refractivity contribution is 6.62. The molecule has 1 aromatic rings. The zero-order valence-corrected chi connectivity index (χ0v) is 24.0. The second-order valence-corrected chi connectivity index (χ2v) is 13.1. The molecule has 2 aliphatic rings. The number of anilines is 1. The number of hydrogen-bond donors (Lipinski definition) is 1. The largest absolute Gasteiger partial charge is 0.494 e. The quantitative estimate of drug-likeness (QED) is 0.597. The number of nitrogens with one attached hydrogen (secondary N) is 1. The van der Waals surface area contributed by atoms with Crippen molar-refractivity contribution < 1.29 is 28.4 Å². The molecule has 1 atom stereocenters. The molecule has 2 heterocycles. The second-order valence-electron chi connectivity index (χ2n) is 13.1. The number of nitriles is 1. The summed E-state index contributed by atoms with van der Waals surface area (Å²) >= 11 is 0. The van der Waals surface area contributed by atoms with Crippen LogP contribution in [0.25, 0.3) is 0 Å². The highest BCUT2D eigenvalue weighted by atomic mass is 16.7. The van der Waals surface area contributed by atoms with E-state index in [0.29, 0.717) is 16.7 Å². The number of ether oxygens (including phenoxy) is 2. The van der Waals surface area contributed by atoms with Crippen molar-refractivity contribution in [3.63, 3.8) is 0 Å². The summed E-state index contributed by atoms with van der Waals surface area (Å²) in [5.74, 6) is 0. The van der Waals surface area contributed by atoms with Gasteiger partial charge in [-0.15, -0.1) is 0 Å². The Labute approximate surface area is 220 Å². The first-order chi connectivity index (χ1) is 16.7. The van der Waals surface area contributed by atoms with Gasteiger partial charge in [-0.05, 0) is 86.3 Å². The molecule has 37 heavy (non-hydrogen) atoms. The Morgan fingerprint density at radius 3 is 2.05 bits per heavy atom. The summed E-state index contributed by atoms with van der Waals surface area (Å²) in [7, 11) is -0.693. The van der Waals surface area contributed by atoms with Gasteiger partial charge in [0.05, 0.1) is 22.5 Å². The van der Waals surface area contributed by atoms with E-state index in [1.54, 1.807) is 47.6 Å². The lowest BCUT2D eigenvalue weighted by molar-refractivity contribution is 0.00578. The van der Waals surface area contributed by atoms with Crippen LogP contribution in [0.15, 0.2) is 12.1 Å². The molecule has 2 aliphatic heterocycles. The molecule has 9 nitrogen and oxygen atoms in total. The topological polar surface area (TPSA) is 110 Å². The molecule has 0 saturated carbocycles. The summed E-state index contributed by atoms with van der Waals surface area (Å²) in [6, 6.07) is 5.84. The van der Waals surface area contributed by atoms with Crippen molar-refractivity contribution >= 4 is 30.5 Å². The van der Waals surface area contributed by atoms with Crippen LogP contribution in [0.5, 0.6) is 0 Å². The molecule has 202 valence electrons. The van der Waals surface area contributed by atoms with Gasteiger partial charge in [-0.25, -0.2) is 9.59 Å². The third-order valence-electron chi connectivity index (χ3n) is 6.84. The second kappa shape index (κ2) is 9.21. The Morgan fingerprint density at radius 2 is 1.57 bits per heavy atom. The minimum Gasteiger partial charge on any atom is -0.444 e. The summed E-state index contributed by atoms with van der Waals surface area (Å²) in [6.07, 6.45) is -1.12. The van der Waals surface area contributed by atoms with Gasteiger partial charge in [0.1, 0.15) is 17.3 Å². The molecule has 1 fully saturated rings. The molecule has 1 N–H and O–H groups in total. The molecular weight excluding hydrogens is 473 g/mol. The Balaban J connectivity index is 2.06. The summed E-state index contributed by atoms with van der Waals surface area (Å²) in [4.78, 5) is 27.2. The summed E-state index contributed by atoms with van der Waals surface area (Å²) in [6.45, 7) is 20.9. The van der Waals surface area contributed by atoms with Gasteiger partial charge in [-0.2, -0.15) is 5.26 Å². The maximum Gasteiger partial charge on any atom is 0.494 e. The minimum atomic E-state index is -0.742. The normalized spacial score (nSPS) is 22.3. The fourth-order valence-electron chi connectivity index (χ4n) is 4.33. The first-order valence-electron chi connectivity index (χ1n) is 12.6. The first-order valence-corrected chi connectivity index (χ1v) is 12.6. The fourth-order valence-corrected chi connectivity index (χ4v) is 4.33. The van der Waals surface area contributed by atoms with E-state index < -0.39 is 47.1 Å². The smallest absolute Gasteiger partial charge is 0.444 e. The molecule has 0 aromatic heterocycles. The lowest BCUT2D eigenvalue weighted by Gasteiger charge is -2.32. The fraction of sp³-hybridized carbons (Fsp3) is 0.667. The van der Waals surface area contributed by atoms with Crippen LogP contribution in [0.2, 0.25) is 0 Å². The Kier molecular flexibility index (Phi) is 7.17. The van der Waals surface area contributed by atoms with Crippen molar-refractivity contribution in [3.8, 4) is 6.07 Å². The van der Waals surface area contributed by atoms with Gasteiger partial charge in [-0.3, -0.25) is 4.90 Å². The third-order valence-corrected chi connectivity index (χ3v) is 6.84. The van der Waals surface area contributed by atoms with Crippen LogP contribution >= 0.6 is 0 Å². The van der Waals surface area contributed by atoms with Gasteiger partial charge >= 0.3 is 19.3 Å². The van der Waals surface area contributed by atoms with Gasteiger partial charge in [0.2, 0.25) is 0 Å². The summed E-state index contributed by atoms with van der Waals surface area (Å²) in [5, 5.41) is 13.0. The van der Waals surface area contributed by atoms with E-state index in [0.717, 1.165) is 5.56 Å². The average molecular weight is 513 g/mol. The number of benzene rings is 1. The van der Waals surface area contributed by atoms with Gasteiger partial charge in [0.15, 0.2) is 0 Å². The van der Waals surface area contributed by atoms with Gasteiger partial charge < -0.3 is 24.1 Å². The van der Waals surface area contributed by atoms with Crippen molar-refractivity contribution in [2.24, 2.45) is 0 Å². The molecule has 0 spiro atoms. The van der Waals surface area contributed by atoms with Crippen molar-refractivity contribution in [1.82, 2.24) is 5.32 Å². The van der Waals surface area contributed by atoms with Gasteiger partial charge in [0.25, 0.3) is 0 Å². The van der Waals surface area contributed by atoms with Crippen molar-refractivity contribution in [2.75, 3.05) is 18.0 Å². The molecule has 0 bridgehead atoms. The molecule has 10 heteroatoms. The van der Waals surface area contributed by atoms with E-state index in [4.69, 9.17) is 18.8 Å². The number of carbonyl (C=O) groups is 2. The third kappa shape index (κ3) is 6.05. The van der Waals surface area contributed by atoms with Crippen LogP contribution in [0.3, 0.4) is 0 Å². The predicted molar refractivity (Wildman–Crippen MR) is 142 cm³/mol. The van der Waals surface area contributed by atoms with Crippen molar-refractivity contribution in [1.29, 1.82) is 5.26 Å². The number of rotatable bonds is 3. The average Bonchev–Trinajstić information content (AvgIpc) is 3.13. The van der Waals surface area contributed by atoms with Crippen LogP contribution in [-0.2, 0) is 24.2 Å². The van der Waals surface area contributed by atoms with Crippen molar-refractivity contribution in [2.45, 2.75) is 104 Å². The number of fused-ring (bicyclic) bond motifs is 1. The lowest BCUT2D eigenvalue weighted by atomic mass is 9.74. The number of nitrogens with zero attached hydrogens (tertiary/aromatic N) is 2. The maximum absolute atomic E-state index is 13.2. The van der Waals surface area contributed by atoms with E-state index in [-0.39, 0.29) is 13.1 Å². The number of carbonyl (C=O) groups excluding carboxylic acids is 2. The Morgan fingerprint density at radius 1 is 1.03 bits per heavy atom. The zero-order chi connectivity index (χ0) is 28.2. The van der Waals surface area contributed by atoms with Crippen LogP contribution in [-0.4, -0.2) is 54.8 Å². The Bertz CT molecular complexity index is 1110. The summed E-state index contributed by atoms with van der Waals surface area (Å²) in [5.41, 5.74) is -1.09. The number of hydrogen-bond acceptors (Lipinski definition) is 7. The Hall–Kier alpha value is -2.77. The molecule has 0 aliphatic carbocycles. The van der Waals surface area contributed by atoms with E-state index in [1.807, 2.05) is 40.7 Å². The molecule has 0 radical (unpaired) electrons. The molecule has 2 amide bonds. The minimum absolute atomic E-state index is 0.173. The molecule has 3 rings (SSSR count). The molecule has 1 saturated heterocycles. The predicted octanol–water partition coefficient (Wildman–Crippen LogP) is 4.39. The highest BCUT2D eigenvalue weighted by Crippen LogP contribution is 2.44. The van der Waals surface area contributed by atoms with E-state index >= 15 is 0 Å². The lowest BCUT2D eigenvalue weighted by Crippen LogP contribution is -2.45. The molecular formula is C27H40BN3O6. The number of alkyl carbamates (subject to hydrolysis) is 1. The van der Waals surface area contributed by atoms with Crippen LogP contribution in [0.1, 0.15) is 87.3 Å².